The quantitative estimate of drug-likeness (QED) is 0.435. The van der Waals surface area contributed by atoms with Crippen LogP contribution >= 0.6 is 23.2 Å². The van der Waals surface area contributed by atoms with Gasteiger partial charge in [0.1, 0.15) is 49.4 Å². The lowest BCUT2D eigenvalue weighted by Gasteiger charge is -2.13. The van der Waals surface area contributed by atoms with Gasteiger partial charge in [0, 0.05) is 23.3 Å². The average molecular weight is 662 g/mol. The fourth-order valence-corrected chi connectivity index (χ4v) is 3.88. The number of fused-ring (bicyclic) bond motifs is 4. The van der Waals surface area contributed by atoms with Crippen molar-refractivity contribution in [3.8, 4) is 23.0 Å². The van der Waals surface area contributed by atoms with Crippen LogP contribution in [0, 0.1) is 0 Å². The minimum Gasteiger partial charge on any atom is -0.491 e. The van der Waals surface area contributed by atoms with Crippen molar-refractivity contribution in [2.24, 2.45) is 0 Å². The lowest BCUT2D eigenvalue weighted by Crippen LogP contribution is -2.15. The number of carbonyl (C=O) groups excluding carboxylic acids is 2. The molecule has 244 valence electrons. The topological polar surface area (TPSA) is 126 Å². The van der Waals surface area contributed by atoms with E-state index in [0.29, 0.717) is 102 Å². The Bertz CT molecular complexity index is 981. The predicted octanol–water partition coefficient (Wildman–Crippen LogP) is 3.77. The van der Waals surface area contributed by atoms with Crippen molar-refractivity contribution in [3.63, 3.8) is 0 Å². The summed E-state index contributed by atoms with van der Waals surface area (Å²) in [7, 11) is 0. The predicted molar refractivity (Wildman–Crippen MR) is 160 cm³/mol. The zero-order valence-electron chi connectivity index (χ0n) is 24.4. The smallest absolute Gasteiger partial charge is 0.252 e. The molecule has 2 aromatic rings. The minimum atomic E-state index is -0.619. The Kier molecular flexibility index (Phi) is 17.8. The van der Waals surface area contributed by atoms with Crippen molar-refractivity contribution in [1.29, 1.82) is 0 Å². The Balaban J connectivity index is 1.45. The fraction of sp³-hybridized carbons (Fsp3) is 0.533. The largest absolute Gasteiger partial charge is 0.491 e. The van der Waals surface area contributed by atoms with Crippen LogP contribution in [-0.4, -0.2) is 116 Å². The van der Waals surface area contributed by atoms with Gasteiger partial charge < -0.3 is 47.4 Å². The van der Waals surface area contributed by atoms with Crippen LogP contribution in [0.4, 0.5) is 0 Å². The molecule has 0 saturated carbocycles. The summed E-state index contributed by atoms with van der Waals surface area (Å²) in [6.07, 6.45) is 0. The zero-order valence-corrected chi connectivity index (χ0v) is 25.9. The summed E-state index contributed by atoms with van der Waals surface area (Å²) >= 11 is 11.3. The highest BCUT2D eigenvalue weighted by atomic mass is 35.5. The third-order valence-electron chi connectivity index (χ3n) is 5.69. The molecule has 0 amide bonds. The molecule has 0 fully saturated rings. The van der Waals surface area contributed by atoms with Crippen LogP contribution in [0.25, 0.3) is 0 Å². The van der Waals surface area contributed by atoms with Crippen LogP contribution in [0.5, 0.6) is 23.0 Å². The SMILES string of the molecule is O=C(Cl)c1cc2cc(c1)OCCOCCOCCOCCOc1cc(cc(C(=O)Cl)c1)OCCOCCOCCOCCO2. The molecule has 0 spiro atoms. The number of hydrogen-bond donors (Lipinski definition) is 0. The van der Waals surface area contributed by atoms with Crippen LogP contribution in [0.15, 0.2) is 36.4 Å². The molecule has 14 heteroatoms. The first-order chi connectivity index (χ1) is 21.5. The van der Waals surface area contributed by atoms with Crippen LogP contribution in [-0.2, 0) is 28.4 Å². The fourth-order valence-electron chi connectivity index (χ4n) is 3.66. The van der Waals surface area contributed by atoms with Gasteiger partial charge in [-0.2, -0.15) is 0 Å². The van der Waals surface area contributed by atoms with Crippen molar-refractivity contribution in [1.82, 2.24) is 0 Å². The van der Waals surface area contributed by atoms with Gasteiger partial charge in [-0.15, -0.1) is 0 Å². The highest BCUT2D eigenvalue weighted by molar-refractivity contribution is 6.68. The molecular weight excluding hydrogens is 623 g/mol. The van der Waals surface area contributed by atoms with E-state index in [2.05, 4.69) is 0 Å². The van der Waals surface area contributed by atoms with Gasteiger partial charge in [-0.05, 0) is 47.5 Å². The molecule has 12 nitrogen and oxygen atoms in total. The van der Waals surface area contributed by atoms with Crippen LogP contribution in [0.3, 0.4) is 0 Å². The van der Waals surface area contributed by atoms with Gasteiger partial charge in [-0.3, -0.25) is 9.59 Å². The molecule has 3 rings (SSSR count). The Morgan fingerprint density at radius 1 is 0.364 bits per heavy atom. The van der Waals surface area contributed by atoms with Crippen molar-refractivity contribution in [3.05, 3.63) is 47.5 Å². The summed E-state index contributed by atoms with van der Waals surface area (Å²) in [5.41, 5.74) is 0.515. The zero-order chi connectivity index (χ0) is 31.2. The summed E-state index contributed by atoms with van der Waals surface area (Å²) in [5, 5.41) is -1.24. The van der Waals surface area contributed by atoms with E-state index in [1.165, 1.54) is 0 Å². The maximum atomic E-state index is 11.7. The average Bonchev–Trinajstić information content (AvgIpc) is 3.01. The molecule has 0 aromatic heterocycles. The van der Waals surface area contributed by atoms with Crippen LogP contribution < -0.4 is 18.9 Å². The Labute approximate surface area is 266 Å². The number of halogens is 2. The van der Waals surface area contributed by atoms with E-state index in [4.69, 9.17) is 70.6 Å². The van der Waals surface area contributed by atoms with Crippen LogP contribution in [0.2, 0.25) is 0 Å². The summed E-state index contributed by atoms with van der Waals surface area (Å²) in [5.74, 6) is 1.73. The molecule has 0 radical (unpaired) electrons. The number of ether oxygens (including phenoxy) is 10. The molecule has 44 heavy (non-hydrogen) atoms. The molecular formula is C30H38Cl2O12. The molecule has 0 atom stereocenters. The third-order valence-corrected chi connectivity index (χ3v) is 6.12. The van der Waals surface area contributed by atoms with Crippen molar-refractivity contribution < 1.29 is 57.0 Å². The van der Waals surface area contributed by atoms with Gasteiger partial charge in [0.2, 0.25) is 0 Å². The lowest BCUT2D eigenvalue weighted by atomic mass is 10.2. The van der Waals surface area contributed by atoms with Gasteiger partial charge in [-0.25, -0.2) is 0 Å². The minimum absolute atomic E-state index is 0.256. The molecule has 1 aliphatic heterocycles. The molecule has 0 N–H and O–H groups in total. The van der Waals surface area contributed by atoms with E-state index in [1.807, 2.05) is 0 Å². The van der Waals surface area contributed by atoms with E-state index in [-0.39, 0.29) is 37.6 Å². The van der Waals surface area contributed by atoms with Gasteiger partial charge in [-0.1, -0.05) is 0 Å². The summed E-state index contributed by atoms with van der Waals surface area (Å²) in [6, 6.07) is 9.52. The summed E-state index contributed by atoms with van der Waals surface area (Å²) in [4.78, 5) is 23.4. The van der Waals surface area contributed by atoms with Gasteiger partial charge in [0.05, 0.1) is 79.3 Å². The van der Waals surface area contributed by atoms with Crippen molar-refractivity contribution in [2.75, 3.05) is 106 Å². The number of hydrogen-bond acceptors (Lipinski definition) is 12. The second-order valence-electron chi connectivity index (χ2n) is 9.00. The number of benzene rings is 2. The highest BCUT2D eigenvalue weighted by Crippen LogP contribution is 2.25. The summed E-state index contributed by atoms with van der Waals surface area (Å²) in [6.45, 7) is 5.32. The molecule has 0 unspecified atom stereocenters. The standard InChI is InChI=1S/C30H38Cl2O12/c31-29(33)23-17-25-21-26(18-23)43-15-11-39-7-3-36-4-8-40-12-16-44-28-20-24(30(32)34)19-27(22-28)42-14-10-38-6-2-35-1-5-37-9-13-41-25/h17-22H,1-16H2. The second kappa shape index (κ2) is 21.9. The van der Waals surface area contributed by atoms with E-state index in [0.717, 1.165) is 0 Å². The normalized spacial score (nSPS) is 18.0. The molecule has 1 aliphatic rings. The first-order valence-corrected chi connectivity index (χ1v) is 14.9. The monoisotopic (exact) mass is 660 g/mol. The molecule has 1 heterocycles. The van der Waals surface area contributed by atoms with Crippen LogP contribution in [0.1, 0.15) is 20.7 Å². The maximum absolute atomic E-state index is 11.7. The van der Waals surface area contributed by atoms with Gasteiger partial charge in [0.15, 0.2) is 0 Å². The first kappa shape index (κ1) is 35.8. The number of rotatable bonds is 2. The Hall–Kier alpha value is -2.68. The summed E-state index contributed by atoms with van der Waals surface area (Å²) < 4.78 is 55.9. The van der Waals surface area contributed by atoms with Crippen molar-refractivity contribution >= 4 is 33.7 Å². The van der Waals surface area contributed by atoms with Gasteiger partial charge >= 0.3 is 0 Å². The number of carbonyl (C=O) groups is 2. The molecule has 0 aliphatic carbocycles. The molecule has 2 aromatic carbocycles. The van der Waals surface area contributed by atoms with E-state index >= 15 is 0 Å². The van der Waals surface area contributed by atoms with E-state index in [1.54, 1.807) is 36.4 Å². The van der Waals surface area contributed by atoms with E-state index in [9.17, 15) is 9.59 Å². The Morgan fingerprint density at radius 2 is 0.568 bits per heavy atom. The molecule has 0 saturated heterocycles. The highest BCUT2D eigenvalue weighted by Gasteiger charge is 2.10. The van der Waals surface area contributed by atoms with Crippen molar-refractivity contribution in [2.45, 2.75) is 0 Å². The third kappa shape index (κ3) is 15.4. The van der Waals surface area contributed by atoms with Gasteiger partial charge in [0.25, 0.3) is 10.5 Å². The molecule has 4 bridgehead atoms. The Morgan fingerprint density at radius 3 is 0.773 bits per heavy atom. The lowest BCUT2D eigenvalue weighted by molar-refractivity contribution is 0.00433. The second-order valence-corrected chi connectivity index (χ2v) is 9.69. The van der Waals surface area contributed by atoms with E-state index < -0.39 is 10.5 Å². The maximum Gasteiger partial charge on any atom is 0.252 e. The first-order valence-electron chi connectivity index (χ1n) is 14.2.